The maximum absolute atomic E-state index is 12.0. The zero-order valence-electron chi connectivity index (χ0n) is 11.7. The Morgan fingerprint density at radius 2 is 2.14 bits per heavy atom. The molecular weight excluding hydrogens is 272 g/mol. The molecule has 0 saturated carbocycles. The van der Waals surface area contributed by atoms with Gasteiger partial charge in [0, 0.05) is 13.5 Å². The molecule has 0 spiro atoms. The van der Waals surface area contributed by atoms with E-state index in [2.05, 4.69) is 21.8 Å². The molecule has 2 aromatic rings. The summed E-state index contributed by atoms with van der Waals surface area (Å²) in [5.41, 5.74) is -0.464. The molecule has 0 bridgehead atoms. The molecule has 0 unspecified atom stereocenters. The Hall–Kier alpha value is -2.88. The molecule has 0 aromatic carbocycles. The van der Waals surface area contributed by atoms with Crippen molar-refractivity contribution >= 4 is 23.5 Å². The van der Waals surface area contributed by atoms with E-state index >= 15 is 0 Å². The van der Waals surface area contributed by atoms with E-state index in [1.54, 1.807) is 23.6 Å². The van der Waals surface area contributed by atoms with Crippen LogP contribution in [-0.2, 0) is 18.4 Å². The van der Waals surface area contributed by atoms with E-state index in [4.69, 9.17) is 0 Å². The summed E-state index contributed by atoms with van der Waals surface area (Å²) in [5.74, 6) is 6.09. The van der Waals surface area contributed by atoms with Gasteiger partial charge in [0.1, 0.15) is 12.1 Å². The smallest absolute Gasteiger partial charge is 0.307 e. The summed E-state index contributed by atoms with van der Waals surface area (Å²) in [4.78, 5) is 40.5. The molecule has 7 nitrogen and oxygen atoms in total. The predicted octanol–water partition coefficient (Wildman–Crippen LogP) is 0.0488. The van der Waals surface area contributed by atoms with Gasteiger partial charge >= 0.3 is 5.69 Å². The number of aldehydes is 1. The van der Waals surface area contributed by atoms with Gasteiger partial charge in [-0.25, -0.2) is 9.78 Å². The van der Waals surface area contributed by atoms with E-state index in [-0.39, 0.29) is 24.1 Å². The molecule has 21 heavy (non-hydrogen) atoms. The monoisotopic (exact) mass is 286 g/mol. The first-order valence-electron chi connectivity index (χ1n) is 6.29. The number of carbonyl (C=O) groups excluding carboxylic acids is 1. The van der Waals surface area contributed by atoms with Crippen molar-refractivity contribution in [2.45, 2.75) is 19.9 Å². The Kier molecular flexibility index (Phi) is 4.18. The lowest BCUT2D eigenvalue weighted by Crippen LogP contribution is -2.29. The summed E-state index contributed by atoms with van der Waals surface area (Å²) >= 11 is 0. The number of carbonyl (C=O) groups is 1. The molecule has 0 aliphatic heterocycles. The Morgan fingerprint density at radius 3 is 2.81 bits per heavy atom. The van der Waals surface area contributed by atoms with Crippen LogP contribution >= 0.6 is 0 Å². The largest absolute Gasteiger partial charge is 0.329 e. The number of imidazole rings is 1. The number of aryl methyl sites for hydroxylation is 1. The minimum atomic E-state index is -0.526. The molecule has 2 rings (SSSR count). The van der Waals surface area contributed by atoms with Crippen LogP contribution in [0.4, 0.5) is 0 Å². The Morgan fingerprint density at radius 1 is 1.38 bits per heavy atom. The predicted molar refractivity (Wildman–Crippen MR) is 78.8 cm³/mol. The minimum Gasteiger partial charge on any atom is -0.307 e. The zero-order chi connectivity index (χ0) is 15.4. The standard InChI is InChI=1S/C14H14N4O3/c1-3-4-8-18-10(7-5-6-9-19)15-12-11(18)13(20)16-14(21)17(12)2/h5,7,9H,6,8H2,1-2H3,(H,16,20,21). The van der Waals surface area contributed by atoms with Crippen molar-refractivity contribution < 1.29 is 4.79 Å². The summed E-state index contributed by atoms with van der Waals surface area (Å²) in [6.07, 6.45) is 4.28. The molecule has 0 atom stereocenters. The number of rotatable bonds is 4. The second-order valence-corrected chi connectivity index (χ2v) is 4.28. The lowest BCUT2D eigenvalue weighted by atomic mass is 10.4. The first kappa shape index (κ1) is 14.5. The molecule has 2 aromatic heterocycles. The number of aromatic nitrogens is 4. The summed E-state index contributed by atoms with van der Waals surface area (Å²) in [7, 11) is 1.53. The third kappa shape index (κ3) is 2.69. The zero-order valence-corrected chi connectivity index (χ0v) is 11.7. The van der Waals surface area contributed by atoms with Gasteiger partial charge in [-0.15, -0.1) is 5.92 Å². The van der Waals surface area contributed by atoms with Gasteiger partial charge in [0.25, 0.3) is 5.56 Å². The molecule has 7 heteroatoms. The SMILES string of the molecule is CC#CCn1c(C=CCC=O)nc2c1c(=O)[nH]c(=O)n2C. The number of aromatic amines is 1. The summed E-state index contributed by atoms with van der Waals surface area (Å²) in [6.45, 7) is 1.97. The van der Waals surface area contributed by atoms with Crippen LogP contribution in [0.1, 0.15) is 19.2 Å². The van der Waals surface area contributed by atoms with Gasteiger partial charge in [-0.1, -0.05) is 12.0 Å². The van der Waals surface area contributed by atoms with Crippen LogP contribution in [0.5, 0.6) is 0 Å². The summed E-state index contributed by atoms with van der Waals surface area (Å²) in [5, 5.41) is 0. The minimum absolute atomic E-state index is 0.248. The van der Waals surface area contributed by atoms with Crippen LogP contribution in [0.25, 0.3) is 17.2 Å². The average molecular weight is 286 g/mol. The average Bonchev–Trinajstić information content (AvgIpc) is 2.82. The van der Waals surface area contributed by atoms with Gasteiger partial charge in [0.05, 0.1) is 6.54 Å². The van der Waals surface area contributed by atoms with E-state index in [1.807, 2.05) is 0 Å². The molecule has 1 N–H and O–H groups in total. The Bertz CT molecular complexity index is 887. The summed E-state index contributed by atoms with van der Waals surface area (Å²) in [6, 6.07) is 0. The number of nitrogens with zero attached hydrogens (tertiary/aromatic N) is 3. The van der Waals surface area contributed by atoms with Gasteiger partial charge in [-0.2, -0.15) is 0 Å². The van der Waals surface area contributed by atoms with Crippen molar-refractivity contribution in [3.8, 4) is 11.8 Å². The lowest BCUT2D eigenvalue weighted by molar-refractivity contribution is -0.107. The van der Waals surface area contributed by atoms with Crippen LogP contribution < -0.4 is 11.2 Å². The third-order valence-electron chi connectivity index (χ3n) is 2.95. The van der Waals surface area contributed by atoms with Crippen molar-refractivity contribution in [1.29, 1.82) is 0 Å². The van der Waals surface area contributed by atoms with Crippen molar-refractivity contribution in [3.05, 3.63) is 32.7 Å². The highest BCUT2D eigenvalue weighted by molar-refractivity contribution is 5.73. The van der Waals surface area contributed by atoms with E-state index in [9.17, 15) is 14.4 Å². The second kappa shape index (κ2) is 6.05. The lowest BCUT2D eigenvalue weighted by Gasteiger charge is -2.01. The fraction of sp³-hybridized carbons (Fsp3) is 0.286. The molecular formula is C14H14N4O3. The normalized spacial score (nSPS) is 10.8. The number of H-pyrrole nitrogens is 1. The topological polar surface area (TPSA) is 89.8 Å². The molecule has 2 heterocycles. The maximum Gasteiger partial charge on any atom is 0.329 e. The number of allylic oxidation sites excluding steroid dienone is 1. The van der Waals surface area contributed by atoms with Crippen LogP contribution in [0.3, 0.4) is 0 Å². The Balaban J connectivity index is 2.77. The Labute approximate surface area is 119 Å². The highest BCUT2D eigenvalue weighted by Gasteiger charge is 2.14. The van der Waals surface area contributed by atoms with Gasteiger partial charge in [0.15, 0.2) is 11.2 Å². The highest BCUT2D eigenvalue weighted by atomic mass is 16.2. The molecule has 108 valence electrons. The van der Waals surface area contributed by atoms with Crippen LogP contribution in [0.15, 0.2) is 15.7 Å². The number of nitrogens with one attached hydrogen (secondary N) is 1. The summed E-state index contributed by atoms with van der Waals surface area (Å²) < 4.78 is 2.88. The van der Waals surface area contributed by atoms with Crippen molar-refractivity contribution in [2.24, 2.45) is 7.05 Å². The first-order chi connectivity index (χ1) is 10.1. The molecule has 0 aliphatic rings. The second-order valence-electron chi connectivity index (χ2n) is 4.28. The quantitative estimate of drug-likeness (QED) is 0.635. The number of hydrogen-bond acceptors (Lipinski definition) is 4. The maximum atomic E-state index is 12.0. The van der Waals surface area contributed by atoms with Crippen molar-refractivity contribution in [2.75, 3.05) is 0 Å². The van der Waals surface area contributed by atoms with Crippen LogP contribution in [-0.4, -0.2) is 25.4 Å². The number of fused-ring (bicyclic) bond motifs is 1. The molecule has 0 saturated heterocycles. The highest BCUT2D eigenvalue weighted by Crippen LogP contribution is 2.12. The molecule has 0 radical (unpaired) electrons. The molecule has 0 fully saturated rings. The third-order valence-corrected chi connectivity index (χ3v) is 2.95. The fourth-order valence-electron chi connectivity index (χ4n) is 1.93. The van der Waals surface area contributed by atoms with E-state index in [0.29, 0.717) is 5.82 Å². The van der Waals surface area contributed by atoms with Gasteiger partial charge in [0.2, 0.25) is 0 Å². The van der Waals surface area contributed by atoms with Gasteiger partial charge in [-0.3, -0.25) is 14.3 Å². The van der Waals surface area contributed by atoms with Crippen LogP contribution in [0, 0.1) is 11.8 Å². The number of hydrogen-bond donors (Lipinski definition) is 1. The van der Waals surface area contributed by atoms with Crippen molar-refractivity contribution in [1.82, 2.24) is 19.1 Å². The molecule has 0 amide bonds. The fourth-order valence-corrected chi connectivity index (χ4v) is 1.93. The van der Waals surface area contributed by atoms with Gasteiger partial charge in [-0.05, 0) is 13.0 Å². The van der Waals surface area contributed by atoms with Crippen LogP contribution in [0.2, 0.25) is 0 Å². The molecule has 0 aliphatic carbocycles. The first-order valence-corrected chi connectivity index (χ1v) is 6.29. The van der Waals surface area contributed by atoms with Gasteiger partial charge < -0.3 is 9.36 Å². The van der Waals surface area contributed by atoms with E-state index in [1.165, 1.54) is 11.6 Å². The van der Waals surface area contributed by atoms with E-state index in [0.717, 1.165) is 6.29 Å². The van der Waals surface area contributed by atoms with E-state index < -0.39 is 11.2 Å². The van der Waals surface area contributed by atoms with Crippen molar-refractivity contribution in [3.63, 3.8) is 0 Å².